The molecule has 0 spiro atoms. The second-order valence-electron chi connectivity index (χ2n) is 3.81. The zero-order chi connectivity index (χ0) is 11.0. The van der Waals surface area contributed by atoms with Gasteiger partial charge in [-0.3, -0.25) is 5.10 Å². The third kappa shape index (κ3) is 1.68. The van der Waals surface area contributed by atoms with Gasteiger partial charge in [0.05, 0.1) is 11.8 Å². The van der Waals surface area contributed by atoms with Crippen LogP contribution in [0.25, 0.3) is 5.82 Å². The number of aryl methyl sites for hydroxylation is 2. The summed E-state index contributed by atoms with van der Waals surface area (Å²) >= 11 is 0. The third-order valence-electron chi connectivity index (χ3n) is 2.53. The number of hydrogen-bond donors (Lipinski definition) is 2. The summed E-state index contributed by atoms with van der Waals surface area (Å²) < 4.78 is 2.04. The fourth-order valence-electron chi connectivity index (χ4n) is 1.68. The van der Waals surface area contributed by atoms with Crippen molar-refractivity contribution in [3.8, 4) is 5.82 Å². The van der Waals surface area contributed by atoms with E-state index < -0.39 is 6.10 Å². The lowest BCUT2D eigenvalue weighted by atomic mass is 10.3. The molecule has 2 rings (SSSR count). The van der Waals surface area contributed by atoms with Gasteiger partial charge in [-0.2, -0.15) is 5.10 Å². The first-order chi connectivity index (χ1) is 7.09. The molecule has 2 aromatic heterocycles. The molecular formula is C11H15N3O. The molecule has 80 valence electrons. The van der Waals surface area contributed by atoms with Gasteiger partial charge in [0.1, 0.15) is 0 Å². The molecule has 0 aromatic carbocycles. The van der Waals surface area contributed by atoms with E-state index in [4.69, 9.17) is 0 Å². The van der Waals surface area contributed by atoms with Crippen molar-refractivity contribution < 1.29 is 5.11 Å². The van der Waals surface area contributed by atoms with Gasteiger partial charge >= 0.3 is 0 Å². The maximum absolute atomic E-state index is 9.39. The molecule has 2 heterocycles. The average Bonchev–Trinajstić information content (AvgIpc) is 2.73. The molecule has 0 bridgehead atoms. The summed E-state index contributed by atoms with van der Waals surface area (Å²) in [7, 11) is 0. The maximum Gasteiger partial charge on any atom is 0.159 e. The molecule has 2 N–H and O–H groups in total. The van der Waals surface area contributed by atoms with Gasteiger partial charge in [-0.05, 0) is 32.9 Å². The molecule has 15 heavy (non-hydrogen) atoms. The number of nitrogens with one attached hydrogen (secondary N) is 1. The van der Waals surface area contributed by atoms with Crippen molar-refractivity contribution in [1.29, 1.82) is 0 Å². The lowest BCUT2D eigenvalue weighted by molar-refractivity contribution is 0.194. The zero-order valence-electron chi connectivity index (χ0n) is 9.15. The van der Waals surface area contributed by atoms with Crippen LogP contribution in [-0.4, -0.2) is 19.9 Å². The van der Waals surface area contributed by atoms with E-state index >= 15 is 0 Å². The van der Waals surface area contributed by atoms with E-state index in [9.17, 15) is 5.11 Å². The van der Waals surface area contributed by atoms with Gasteiger partial charge in [-0.15, -0.1) is 0 Å². The number of rotatable bonds is 2. The smallest absolute Gasteiger partial charge is 0.159 e. The second kappa shape index (κ2) is 3.55. The Morgan fingerprint density at radius 1 is 1.33 bits per heavy atom. The summed E-state index contributed by atoms with van der Waals surface area (Å²) in [6.45, 7) is 5.78. The number of aromatic amines is 1. The molecule has 0 amide bonds. The van der Waals surface area contributed by atoms with Gasteiger partial charge in [-0.25, -0.2) is 0 Å². The zero-order valence-corrected chi connectivity index (χ0v) is 9.15. The van der Waals surface area contributed by atoms with Crippen LogP contribution in [0.5, 0.6) is 0 Å². The summed E-state index contributed by atoms with van der Waals surface area (Å²) in [6.07, 6.45) is -0.512. The van der Waals surface area contributed by atoms with E-state index in [2.05, 4.69) is 10.2 Å². The van der Waals surface area contributed by atoms with Gasteiger partial charge in [-0.1, -0.05) is 0 Å². The molecular weight excluding hydrogens is 190 g/mol. The van der Waals surface area contributed by atoms with Crippen LogP contribution in [0.1, 0.15) is 30.1 Å². The first kappa shape index (κ1) is 9.98. The van der Waals surface area contributed by atoms with Crippen molar-refractivity contribution >= 4 is 0 Å². The van der Waals surface area contributed by atoms with Crippen LogP contribution < -0.4 is 0 Å². The van der Waals surface area contributed by atoms with Crippen molar-refractivity contribution in [2.24, 2.45) is 0 Å². The molecule has 1 atom stereocenters. The minimum atomic E-state index is -0.512. The fourth-order valence-corrected chi connectivity index (χ4v) is 1.68. The Bertz CT molecular complexity index is 448. The largest absolute Gasteiger partial charge is 0.387 e. The molecule has 0 radical (unpaired) electrons. The lowest BCUT2D eigenvalue weighted by Gasteiger charge is -2.03. The Kier molecular flexibility index (Phi) is 2.36. The van der Waals surface area contributed by atoms with Crippen molar-refractivity contribution in [2.45, 2.75) is 26.9 Å². The van der Waals surface area contributed by atoms with Crippen LogP contribution in [0.2, 0.25) is 0 Å². The van der Waals surface area contributed by atoms with Gasteiger partial charge in [0.25, 0.3) is 0 Å². The van der Waals surface area contributed by atoms with Crippen LogP contribution in [0.15, 0.2) is 18.2 Å². The quantitative estimate of drug-likeness (QED) is 0.786. The second-order valence-corrected chi connectivity index (χ2v) is 3.81. The summed E-state index contributed by atoms with van der Waals surface area (Å²) in [5.74, 6) is 0.825. The van der Waals surface area contributed by atoms with Gasteiger partial charge in [0.2, 0.25) is 0 Å². The van der Waals surface area contributed by atoms with E-state index in [0.29, 0.717) is 0 Å². The van der Waals surface area contributed by atoms with Crippen molar-refractivity contribution in [2.75, 3.05) is 0 Å². The highest BCUT2D eigenvalue weighted by molar-refractivity contribution is 5.32. The van der Waals surface area contributed by atoms with Crippen molar-refractivity contribution in [3.63, 3.8) is 0 Å². The molecule has 4 heteroatoms. The Morgan fingerprint density at radius 3 is 2.40 bits per heavy atom. The molecule has 0 aliphatic rings. The summed E-state index contributed by atoms with van der Waals surface area (Å²) in [6, 6.07) is 5.96. The number of aliphatic hydroxyl groups is 1. The molecule has 0 fully saturated rings. The fraction of sp³-hybridized carbons (Fsp3) is 0.364. The van der Waals surface area contributed by atoms with E-state index in [1.54, 1.807) is 6.92 Å². The normalized spacial score (nSPS) is 13.1. The van der Waals surface area contributed by atoms with E-state index in [1.165, 1.54) is 0 Å². The minimum absolute atomic E-state index is 0.512. The van der Waals surface area contributed by atoms with E-state index in [0.717, 1.165) is 22.9 Å². The number of aromatic nitrogens is 3. The SMILES string of the molecule is Cc1ccc(C)n1-c1cc(C(C)O)[nH]n1. The standard InChI is InChI=1S/C11H15N3O/c1-7-4-5-8(2)14(7)11-6-10(9(3)15)12-13-11/h4-6,9,15H,1-3H3,(H,12,13). The molecule has 1 unspecified atom stereocenters. The number of nitrogens with zero attached hydrogens (tertiary/aromatic N) is 2. The molecule has 4 nitrogen and oxygen atoms in total. The van der Waals surface area contributed by atoms with Gasteiger partial charge < -0.3 is 9.67 Å². The summed E-state index contributed by atoms with van der Waals surface area (Å²) in [4.78, 5) is 0. The lowest BCUT2D eigenvalue weighted by Crippen LogP contribution is -1.98. The number of aliphatic hydroxyl groups excluding tert-OH is 1. The highest BCUT2D eigenvalue weighted by atomic mass is 16.3. The highest BCUT2D eigenvalue weighted by Gasteiger charge is 2.10. The highest BCUT2D eigenvalue weighted by Crippen LogP contribution is 2.17. The predicted molar refractivity (Wildman–Crippen MR) is 58.0 cm³/mol. The number of H-pyrrole nitrogens is 1. The monoisotopic (exact) mass is 205 g/mol. The Hall–Kier alpha value is -1.55. The molecule has 0 aliphatic carbocycles. The first-order valence-electron chi connectivity index (χ1n) is 4.98. The van der Waals surface area contributed by atoms with E-state index in [-0.39, 0.29) is 0 Å². The first-order valence-corrected chi connectivity index (χ1v) is 4.98. The Morgan fingerprint density at radius 2 is 1.93 bits per heavy atom. The van der Waals surface area contributed by atoms with Crippen LogP contribution in [0.3, 0.4) is 0 Å². The van der Waals surface area contributed by atoms with Gasteiger partial charge in [0.15, 0.2) is 5.82 Å². The topological polar surface area (TPSA) is 53.8 Å². The summed E-state index contributed by atoms with van der Waals surface area (Å²) in [5, 5.41) is 16.4. The average molecular weight is 205 g/mol. The Balaban J connectivity index is 2.46. The molecule has 0 aliphatic heterocycles. The van der Waals surface area contributed by atoms with Crippen molar-refractivity contribution in [1.82, 2.24) is 14.8 Å². The number of hydrogen-bond acceptors (Lipinski definition) is 2. The summed E-state index contributed by atoms with van der Waals surface area (Å²) in [5.41, 5.74) is 3.00. The predicted octanol–water partition coefficient (Wildman–Crippen LogP) is 1.87. The molecule has 2 aromatic rings. The molecule has 0 saturated heterocycles. The third-order valence-corrected chi connectivity index (χ3v) is 2.53. The van der Waals surface area contributed by atoms with Crippen LogP contribution in [0, 0.1) is 13.8 Å². The van der Waals surface area contributed by atoms with Crippen LogP contribution in [0.4, 0.5) is 0 Å². The van der Waals surface area contributed by atoms with Crippen molar-refractivity contribution in [3.05, 3.63) is 35.3 Å². The van der Waals surface area contributed by atoms with Crippen LogP contribution in [-0.2, 0) is 0 Å². The Labute approximate surface area is 88.6 Å². The maximum atomic E-state index is 9.39. The molecule has 0 saturated carbocycles. The van der Waals surface area contributed by atoms with Crippen LogP contribution >= 0.6 is 0 Å². The van der Waals surface area contributed by atoms with E-state index in [1.807, 2.05) is 36.6 Å². The van der Waals surface area contributed by atoms with Gasteiger partial charge in [0, 0.05) is 17.5 Å². The minimum Gasteiger partial charge on any atom is -0.387 e.